The van der Waals surface area contributed by atoms with Crippen molar-refractivity contribution in [3.05, 3.63) is 184 Å². The number of hydrogen-bond donors (Lipinski definition) is 12. The lowest BCUT2D eigenvalue weighted by molar-refractivity contribution is -0.191. The van der Waals surface area contributed by atoms with Crippen LogP contribution in [0.1, 0.15) is 121 Å². The van der Waals surface area contributed by atoms with Gasteiger partial charge < -0.3 is 71.2 Å². The molecule has 0 spiro atoms. The quantitative estimate of drug-likeness (QED) is 0.0150. The van der Waals surface area contributed by atoms with Crippen molar-refractivity contribution < 1.29 is 66.1 Å². The van der Waals surface area contributed by atoms with Gasteiger partial charge in [0.15, 0.2) is 5.11 Å². The van der Waals surface area contributed by atoms with E-state index in [0.717, 1.165) is 16.5 Å². The number of nitrogens with one attached hydrogen (secondary N) is 11. The normalized spacial score (nSPS) is 16.4. The van der Waals surface area contributed by atoms with Crippen LogP contribution in [0.5, 0.6) is 0 Å². The molecule has 31 nitrogen and oxygen atoms in total. The highest BCUT2D eigenvalue weighted by molar-refractivity contribution is 7.89. The summed E-state index contributed by atoms with van der Waals surface area (Å²) in [5.74, 6) is -7.68. The van der Waals surface area contributed by atoms with Gasteiger partial charge in [-0.05, 0) is 145 Å². The monoisotopic (exact) mass is 1580 g/mol. The van der Waals surface area contributed by atoms with Crippen molar-refractivity contribution in [2.75, 3.05) is 29.0 Å². The van der Waals surface area contributed by atoms with Gasteiger partial charge in [0.25, 0.3) is 5.56 Å². The zero-order valence-electron chi connectivity index (χ0n) is 63.0. The second-order valence-electron chi connectivity index (χ2n) is 29.4. The van der Waals surface area contributed by atoms with E-state index in [-0.39, 0.29) is 83.3 Å². The molecule has 12 N–H and O–H groups in total. The number of amides is 7. The molecule has 5 aromatic carbocycles. The lowest BCUT2D eigenvalue weighted by Crippen LogP contribution is -2.59. The maximum atomic E-state index is 14.7. The number of aromatic nitrogens is 6. The number of likely N-dealkylation sites (tertiary alicyclic amines) is 1. The number of carbonyl (C=O) groups excluding carboxylic acids is 8. The van der Waals surface area contributed by atoms with Crippen LogP contribution in [0.3, 0.4) is 0 Å². The maximum Gasteiger partial charge on any atom is 0.355 e. The van der Waals surface area contributed by atoms with Gasteiger partial charge in [-0.2, -0.15) is 0 Å². The number of aromatic amines is 2. The van der Waals surface area contributed by atoms with Crippen LogP contribution in [0.2, 0.25) is 0 Å². The molecular formula is C80H88N16O15S2. The fourth-order valence-electron chi connectivity index (χ4n) is 14.2. The summed E-state index contributed by atoms with van der Waals surface area (Å²) in [6.45, 7) is 11.8. The molecule has 0 saturated carbocycles. The largest absolute Gasteiger partial charge is 0.481 e. The van der Waals surface area contributed by atoms with E-state index in [9.17, 15) is 61.5 Å². The summed E-state index contributed by atoms with van der Waals surface area (Å²) in [5, 5.41) is 33.3. The van der Waals surface area contributed by atoms with Crippen molar-refractivity contribution in [2.24, 2.45) is 17.8 Å². The molecule has 12 rings (SSSR count). The van der Waals surface area contributed by atoms with Gasteiger partial charge in [-0.15, -0.1) is 0 Å². The Hall–Kier alpha value is -12.2. The van der Waals surface area contributed by atoms with Crippen molar-refractivity contribution in [1.29, 1.82) is 0 Å². The number of fused-ring (bicyclic) bond motifs is 6. The Morgan fingerprint density at radius 2 is 1.43 bits per heavy atom. The third-order valence-corrected chi connectivity index (χ3v) is 21.7. The van der Waals surface area contributed by atoms with Gasteiger partial charge in [0, 0.05) is 47.1 Å². The number of esters is 2. The van der Waals surface area contributed by atoms with E-state index < -0.39 is 130 Å². The minimum absolute atomic E-state index is 0.0647. The number of urea groups is 1. The van der Waals surface area contributed by atoms with Gasteiger partial charge in [-0.25, -0.2) is 42.5 Å². The number of imidazole rings is 2. The number of aliphatic carboxylic acids is 1. The number of para-hydroxylation sites is 3. The smallest absolute Gasteiger partial charge is 0.355 e. The van der Waals surface area contributed by atoms with Crippen LogP contribution in [0.4, 0.5) is 22.1 Å². The Bertz CT molecular complexity index is 5320. The average molecular weight is 1580 g/mol. The first-order valence-corrected chi connectivity index (χ1v) is 39.1. The summed E-state index contributed by atoms with van der Waals surface area (Å²) < 4.78 is 44.4. The number of sulfonamides is 1. The van der Waals surface area contributed by atoms with Gasteiger partial charge in [0.05, 0.1) is 76.0 Å². The molecule has 3 aliphatic heterocycles. The summed E-state index contributed by atoms with van der Waals surface area (Å²) >= 11 is 5.88. The van der Waals surface area contributed by atoms with Crippen LogP contribution < -0.4 is 52.8 Å². The van der Waals surface area contributed by atoms with Crippen molar-refractivity contribution in [3.8, 4) is 22.5 Å². The second kappa shape index (κ2) is 34.6. The standard InChI is InChI=1S/C80H88N16O15S2/c1-8-80(56-36-65-69-50(31-48-17-9-10-24-57(48)87-69)40-96(65)74(104)55(56)41-110-76(80)106)111-75(105)68(45(6)7)92-72(102)63(35-53-38-81-42-83-53)88-71(101)62(30-44(4)5)86-66(97)39-82-70(100)61(29-43(2)3)89-73(103)64-27-16-28-95(64)79(112)85-52-22-14-20-49(33-52)60(37-67(98)99)94-113(108,109)54-23-15-19-47(34-54)46-18-13-21-51(32-46)84-78(107)93-77-90-58-25-11-12-26-59(58)91-77/h9-15,17-26,31-34,36,38,42-45,60-64,68,94H,8,16,27-30,35,37,39-41H2,1-7H3,(H,81,83)(H,82,100)(H,85,112)(H,86,97)(H,88,101)(H,89,103)(H,92,102)(H,98,99)(H3,84,90,91,93,107)/t60?,61-,62+,63+,64+,68+,80+/m0/s1. The molecule has 9 aromatic rings. The topological polar surface area (TPSA) is 430 Å². The zero-order chi connectivity index (χ0) is 80.6. The number of carbonyl (C=O) groups is 9. The number of H-pyrrole nitrogens is 2. The number of benzene rings is 5. The molecule has 3 aliphatic rings. The van der Waals surface area contributed by atoms with Crippen molar-refractivity contribution in [1.82, 2.24) is 65.7 Å². The fourth-order valence-corrected chi connectivity index (χ4v) is 15.8. The Morgan fingerprint density at radius 1 is 0.743 bits per heavy atom. The van der Waals surface area contributed by atoms with Gasteiger partial charge in [-0.1, -0.05) is 115 Å². The minimum atomic E-state index is -4.41. The van der Waals surface area contributed by atoms with E-state index in [1.165, 1.54) is 24.7 Å². The van der Waals surface area contributed by atoms with E-state index in [1.807, 2.05) is 76.2 Å². The van der Waals surface area contributed by atoms with Crippen molar-refractivity contribution in [2.45, 2.75) is 153 Å². The predicted molar refractivity (Wildman–Crippen MR) is 423 cm³/mol. The Labute approximate surface area is 655 Å². The highest BCUT2D eigenvalue weighted by Crippen LogP contribution is 2.42. The third kappa shape index (κ3) is 18.7. The van der Waals surface area contributed by atoms with Crippen LogP contribution in [0.25, 0.3) is 44.5 Å². The third-order valence-electron chi connectivity index (χ3n) is 19.9. The SMILES string of the molecule is CC[C@]1(OC(=O)[C@H](NC(=O)[C@@H](Cc2c[nH]cn2)NC(=O)[C@@H](CC(C)C)NC(=O)CNC(=O)[C@H](CC(C)C)NC(=O)[C@H]2CCCN2C(=S)Nc2cccc(C(CC(=O)O)NS(=O)(=O)c3cccc(-c4cccc(NC(=O)Nc5nc6ccccc6[nH]5)c4)c3)c2)C(C)C)C(=O)OCc2c1cc1n(c2=O)Cc2cc3ccccc3nc2-1. The van der Waals surface area contributed by atoms with Gasteiger partial charge in [-0.3, -0.25) is 38.9 Å². The summed E-state index contributed by atoms with van der Waals surface area (Å²) in [6, 6.07) is 29.5. The number of anilines is 3. The fraction of sp³-hybridized carbons (Fsp3) is 0.350. The zero-order valence-corrected chi connectivity index (χ0v) is 64.7. The van der Waals surface area contributed by atoms with Crippen LogP contribution >= 0.6 is 12.2 Å². The van der Waals surface area contributed by atoms with Gasteiger partial charge >= 0.3 is 23.9 Å². The number of carboxylic acid groups (broad SMARTS) is 1. The molecule has 4 aromatic heterocycles. The molecule has 590 valence electrons. The second-order valence-corrected chi connectivity index (χ2v) is 31.5. The number of thiocarbonyl (C=S) groups is 1. The van der Waals surface area contributed by atoms with Crippen LogP contribution in [-0.2, 0) is 83.0 Å². The summed E-state index contributed by atoms with van der Waals surface area (Å²) in [4.78, 5) is 161. The van der Waals surface area contributed by atoms with E-state index in [2.05, 4.69) is 67.2 Å². The molecule has 0 radical (unpaired) electrons. The first-order valence-electron chi connectivity index (χ1n) is 37.2. The van der Waals surface area contributed by atoms with Crippen LogP contribution in [0.15, 0.2) is 156 Å². The van der Waals surface area contributed by atoms with Crippen LogP contribution in [-0.4, -0.2) is 150 Å². The molecule has 7 atom stereocenters. The van der Waals surface area contributed by atoms with E-state index in [0.29, 0.717) is 70.0 Å². The molecular weight excluding hydrogens is 1490 g/mol. The molecule has 1 fully saturated rings. The number of cyclic esters (lactones) is 1. The van der Waals surface area contributed by atoms with Gasteiger partial charge in [0.2, 0.25) is 51.1 Å². The number of ether oxygens (including phenoxy) is 2. The van der Waals surface area contributed by atoms with Crippen LogP contribution in [0, 0.1) is 17.8 Å². The van der Waals surface area contributed by atoms with E-state index in [4.69, 9.17) is 26.7 Å². The van der Waals surface area contributed by atoms with Gasteiger partial charge in [0.1, 0.15) is 36.8 Å². The maximum absolute atomic E-state index is 14.7. The lowest BCUT2D eigenvalue weighted by atomic mass is 9.85. The first kappa shape index (κ1) is 80.3. The molecule has 0 aliphatic carbocycles. The van der Waals surface area contributed by atoms with E-state index in [1.54, 1.807) is 103 Å². The summed E-state index contributed by atoms with van der Waals surface area (Å²) in [6.07, 6.45) is 2.96. The summed E-state index contributed by atoms with van der Waals surface area (Å²) in [5.41, 5.74) is 3.95. The highest BCUT2D eigenvalue weighted by Gasteiger charge is 2.52. The lowest BCUT2D eigenvalue weighted by Gasteiger charge is -2.37. The molecule has 113 heavy (non-hydrogen) atoms. The predicted octanol–water partition coefficient (Wildman–Crippen LogP) is 7.94. The molecule has 1 saturated heterocycles. The Balaban J connectivity index is 0.659. The van der Waals surface area contributed by atoms with Crippen molar-refractivity contribution in [3.63, 3.8) is 0 Å². The Kier molecular flexibility index (Phi) is 24.6. The molecule has 7 heterocycles. The number of rotatable bonds is 30. The molecule has 0 bridgehead atoms. The molecule has 7 amide bonds. The summed E-state index contributed by atoms with van der Waals surface area (Å²) in [7, 11) is -4.41. The number of carboxylic acids is 1. The highest BCUT2D eigenvalue weighted by atomic mass is 32.2. The molecule has 1 unspecified atom stereocenters. The number of pyridine rings is 2. The number of nitrogens with zero attached hydrogens (tertiary/aromatic N) is 5. The van der Waals surface area contributed by atoms with Crippen molar-refractivity contribution >= 4 is 120 Å². The molecule has 33 heteroatoms. The number of hydrogen-bond acceptors (Lipinski definition) is 18. The minimum Gasteiger partial charge on any atom is -0.481 e. The average Bonchev–Trinajstić information content (AvgIpc) is 1.67. The Morgan fingerprint density at radius 3 is 2.14 bits per heavy atom. The first-order chi connectivity index (χ1) is 54.0. The van der Waals surface area contributed by atoms with E-state index >= 15 is 0 Å².